The van der Waals surface area contributed by atoms with Crippen LogP contribution in [0.25, 0.3) is 0 Å². The third-order valence-corrected chi connectivity index (χ3v) is 7.67. The van der Waals surface area contributed by atoms with Crippen molar-refractivity contribution in [2.45, 2.75) is 76.7 Å². The fourth-order valence-electron chi connectivity index (χ4n) is 6.70. The van der Waals surface area contributed by atoms with Crippen molar-refractivity contribution in [3.8, 4) is 0 Å². The molecular weight excluding hydrogens is 232 g/mol. The van der Waals surface area contributed by atoms with E-state index >= 15 is 0 Å². The Kier molecular flexibility index (Phi) is 2.99. The van der Waals surface area contributed by atoms with Gasteiger partial charge in [-0.25, -0.2) is 0 Å². The van der Waals surface area contributed by atoms with Crippen LogP contribution in [0, 0.1) is 35.5 Å². The predicted octanol–water partition coefficient (Wildman–Crippen LogP) is 4.39. The van der Waals surface area contributed by atoms with Crippen LogP contribution in [-0.2, 0) is 0 Å². The van der Waals surface area contributed by atoms with Crippen molar-refractivity contribution in [2.24, 2.45) is 35.5 Å². The Hall–Kier alpha value is -0.0400. The van der Waals surface area contributed by atoms with Crippen LogP contribution in [0.2, 0.25) is 0 Å². The lowest BCUT2D eigenvalue weighted by Gasteiger charge is -2.46. The molecule has 4 fully saturated rings. The summed E-state index contributed by atoms with van der Waals surface area (Å²) in [6, 6.07) is 0. The molecule has 1 heteroatoms. The fourth-order valence-corrected chi connectivity index (χ4v) is 6.70. The van der Waals surface area contributed by atoms with E-state index in [1.54, 1.807) is 0 Å². The van der Waals surface area contributed by atoms with Crippen molar-refractivity contribution in [3.05, 3.63) is 0 Å². The van der Waals surface area contributed by atoms with Crippen LogP contribution in [0.4, 0.5) is 0 Å². The average Bonchev–Trinajstić information content (AvgIpc) is 3.10. The van der Waals surface area contributed by atoms with Gasteiger partial charge in [-0.3, -0.25) is 0 Å². The minimum atomic E-state index is -0.241. The Labute approximate surface area is 118 Å². The van der Waals surface area contributed by atoms with Crippen molar-refractivity contribution < 1.29 is 5.11 Å². The van der Waals surface area contributed by atoms with Crippen molar-refractivity contribution in [1.29, 1.82) is 0 Å². The monoisotopic (exact) mass is 262 g/mol. The predicted molar refractivity (Wildman–Crippen MR) is 77.7 cm³/mol. The summed E-state index contributed by atoms with van der Waals surface area (Å²) in [7, 11) is 0. The summed E-state index contributed by atoms with van der Waals surface area (Å²) in [5, 5.41) is 11.4. The van der Waals surface area contributed by atoms with Gasteiger partial charge in [0.15, 0.2) is 0 Å². The molecule has 0 saturated heterocycles. The van der Waals surface area contributed by atoms with Crippen molar-refractivity contribution in [3.63, 3.8) is 0 Å². The van der Waals surface area contributed by atoms with Gasteiger partial charge in [-0.05, 0) is 74.0 Å². The molecular formula is C18H30O. The topological polar surface area (TPSA) is 20.2 Å². The Balaban J connectivity index is 1.49. The molecule has 19 heavy (non-hydrogen) atoms. The summed E-state index contributed by atoms with van der Waals surface area (Å²) in [5.41, 5.74) is -0.241. The third-order valence-electron chi connectivity index (χ3n) is 7.67. The van der Waals surface area contributed by atoms with E-state index in [4.69, 9.17) is 0 Å². The minimum absolute atomic E-state index is 0.241. The van der Waals surface area contributed by atoms with Crippen LogP contribution < -0.4 is 0 Å². The highest BCUT2D eigenvalue weighted by atomic mass is 16.3. The number of fused-ring (bicyclic) bond motifs is 5. The normalized spacial score (nSPS) is 56.5. The summed E-state index contributed by atoms with van der Waals surface area (Å²) < 4.78 is 0. The van der Waals surface area contributed by atoms with E-state index < -0.39 is 0 Å². The average molecular weight is 262 g/mol. The van der Waals surface area contributed by atoms with Gasteiger partial charge in [0.2, 0.25) is 0 Å². The molecule has 4 saturated carbocycles. The molecule has 4 rings (SSSR count). The second kappa shape index (κ2) is 4.48. The lowest BCUT2D eigenvalue weighted by atomic mass is 9.63. The number of rotatable bonds is 2. The van der Waals surface area contributed by atoms with Gasteiger partial charge in [-0.15, -0.1) is 0 Å². The SMILES string of the molecule is CCC1CCC(C2(O)CC3CC2C2CCCC32)CC1. The summed E-state index contributed by atoms with van der Waals surface area (Å²) in [6.45, 7) is 2.33. The van der Waals surface area contributed by atoms with E-state index in [0.717, 1.165) is 23.7 Å². The van der Waals surface area contributed by atoms with Gasteiger partial charge in [0, 0.05) is 0 Å². The summed E-state index contributed by atoms with van der Waals surface area (Å²) in [4.78, 5) is 0. The molecule has 0 aromatic carbocycles. The van der Waals surface area contributed by atoms with Crippen LogP contribution >= 0.6 is 0 Å². The zero-order valence-electron chi connectivity index (χ0n) is 12.5. The Bertz CT molecular complexity index is 344. The van der Waals surface area contributed by atoms with Crippen LogP contribution in [0.15, 0.2) is 0 Å². The summed E-state index contributed by atoms with van der Waals surface area (Å²) >= 11 is 0. The molecule has 5 unspecified atom stereocenters. The van der Waals surface area contributed by atoms with Gasteiger partial charge in [-0.2, -0.15) is 0 Å². The minimum Gasteiger partial charge on any atom is -0.389 e. The maximum Gasteiger partial charge on any atom is 0.0709 e. The van der Waals surface area contributed by atoms with Crippen LogP contribution in [0.5, 0.6) is 0 Å². The third kappa shape index (κ3) is 1.76. The number of hydrogen-bond donors (Lipinski definition) is 1. The second-order valence-corrected chi connectivity index (χ2v) is 8.18. The molecule has 4 aliphatic rings. The second-order valence-electron chi connectivity index (χ2n) is 8.18. The first-order chi connectivity index (χ1) is 9.22. The first-order valence-electron chi connectivity index (χ1n) is 8.94. The summed E-state index contributed by atoms with van der Waals surface area (Å²) in [6.07, 6.45) is 13.6. The first-order valence-corrected chi connectivity index (χ1v) is 8.94. The quantitative estimate of drug-likeness (QED) is 0.782. The van der Waals surface area contributed by atoms with E-state index in [1.807, 2.05) is 0 Å². The smallest absolute Gasteiger partial charge is 0.0709 e. The highest BCUT2D eigenvalue weighted by molar-refractivity contribution is 5.12. The highest BCUT2D eigenvalue weighted by Crippen LogP contribution is 2.65. The Morgan fingerprint density at radius 2 is 1.74 bits per heavy atom. The Morgan fingerprint density at radius 3 is 2.47 bits per heavy atom. The molecule has 0 heterocycles. The first kappa shape index (κ1) is 12.7. The van der Waals surface area contributed by atoms with Gasteiger partial charge in [0.05, 0.1) is 5.60 Å². The van der Waals surface area contributed by atoms with E-state index in [2.05, 4.69) is 6.92 Å². The van der Waals surface area contributed by atoms with Crippen LogP contribution in [0.1, 0.15) is 71.1 Å². The van der Waals surface area contributed by atoms with Gasteiger partial charge < -0.3 is 5.11 Å². The molecule has 5 atom stereocenters. The molecule has 1 nitrogen and oxygen atoms in total. The maximum atomic E-state index is 11.4. The lowest BCUT2D eigenvalue weighted by molar-refractivity contribution is -0.103. The largest absolute Gasteiger partial charge is 0.389 e. The maximum absolute atomic E-state index is 11.4. The van der Waals surface area contributed by atoms with Crippen LogP contribution in [-0.4, -0.2) is 10.7 Å². The molecule has 0 aliphatic heterocycles. The molecule has 4 aliphatic carbocycles. The Morgan fingerprint density at radius 1 is 1.00 bits per heavy atom. The number of hydrogen-bond acceptors (Lipinski definition) is 1. The standard InChI is InChI=1S/C18H30O/c1-2-12-6-8-14(9-7-12)18(19)11-13-10-17(18)16-5-3-4-15(13)16/h12-17,19H,2-11H2,1H3. The molecule has 0 aromatic heterocycles. The molecule has 2 bridgehead atoms. The molecule has 0 radical (unpaired) electrons. The van der Waals surface area contributed by atoms with E-state index in [0.29, 0.717) is 11.8 Å². The van der Waals surface area contributed by atoms with Gasteiger partial charge in [-0.1, -0.05) is 32.6 Å². The van der Waals surface area contributed by atoms with Crippen molar-refractivity contribution in [1.82, 2.24) is 0 Å². The molecule has 1 N–H and O–H groups in total. The van der Waals surface area contributed by atoms with E-state index in [9.17, 15) is 5.11 Å². The fraction of sp³-hybridized carbons (Fsp3) is 1.00. The molecule has 0 spiro atoms. The zero-order valence-corrected chi connectivity index (χ0v) is 12.5. The van der Waals surface area contributed by atoms with Gasteiger partial charge >= 0.3 is 0 Å². The van der Waals surface area contributed by atoms with Crippen LogP contribution in [0.3, 0.4) is 0 Å². The van der Waals surface area contributed by atoms with E-state index in [-0.39, 0.29) is 5.60 Å². The van der Waals surface area contributed by atoms with E-state index in [1.165, 1.54) is 64.2 Å². The van der Waals surface area contributed by atoms with Crippen molar-refractivity contribution >= 4 is 0 Å². The van der Waals surface area contributed by atoms with Gasteiger partial charge in [0.1, 0.15) is 0 Å². The summed E-state index contributed by atoms with van der Waals surface area (Å²) in [5.74, 6) is 5.11. The number of aliphatic hydroxyl groups is 1. The molecule has 108 valence electrons. The highest BCUT2D eigenvalue weighted by Gasteiger charge is 2.62. The molecule has 0 amide bonds. The van der Waals surface area contributed by atoms with Gasteiger partial charge in [0.25, 0.3) is 0 Å². The molecule has 0 aromatic rings. The lowest BCUT2D eigenvalue weighted by Crippen LogP contribution is -2.48. The van der Waals surface area contributed by atoms with Crippen molar-refractivity contribution in [2.75, 3.05) is 0 Å². The zero-order chi connectivity index (χ0) is 13.0.